The van der Waals surface area contributed by atoms with Crippen LogP contribution >= 0.6 is 11.3 Å². The number of carbonyl (C=O) groups excluding carboxylic acids is 3. The lowest BCUT2D eigenvalue weighted by atomic mass is 9.96. The smallest absolute Gasteiger partial charge is 0.416 e. The first-order valence-corrected chi connectivity index (χ1v) is 15.0. The Bertz CT molecular complexity index is 1750. The number of rotatable bonds is 8. The molecule has 8 nitrogen and oxygen atoms in total. The number of fused-ring (bicyclic) bond motifs is 1. The third kappa shape index (κ3) is 6.97. The summed E-state index contributed by atoms with van der Waals surface area (Å²) in [5.41, 5.74) is 1.65. The van der Waals surface area contributed by atoms with Gasteiger partial charge in [0.25, 0.3) is 5.91 Å². The molecule has 236 valence electrons. The molecule has 0 spiro atoms. The molecule has 45 heavy (non-hydrogen) atoms. The van der Waals surface area contributed by atoms with Crippen LogP contribution in [0.15, 0.2) is 60.7 Å². The first kappa shape index (κ1) is 32.0. The number of carbonyl (C=O) groups is 3. The summed E-state index contributed by atoms with van der Waals surface area (Å²) in [4.78, 5) is 40.0. The zero-order valence-electron chi connectivity index (χ0n) is 24.7. The Morgan fingerprint density at radius 2 is 1.71 bits per heavy atom. The van der Waals surface area contributed by atoms with Crippen LogP contribution in [0.25, 0.3) is 21.2 Å². The Morgan fingerprint density at radius 1 is 0.978 bits per heavy atom. The van der Waals surface area contributed by atoms with E-state index < -0.39 is 29.7 Å². The standard InChI is InChI=1S/C33H31F3N2O6S/c1-18-28(24-9-8-23(33(34,35)36)17-27(24)45-18)37-31(40)25-16-21(7-10-26(25)42-2)20-5-4-6-22(15-20)29(32(41)43-3)38-30(39)19-11-13-44-14-12-19/h4-10,15-17,19,29H,11-14H2,1-3H3,(H,37,40)(H,38,39). The summed E-state index contributed by atoms with van der Waals surface area (Å²) >= 11 is 1.16. The van der Waals surface area contributed by atoms with E-state index in [4.69, 9.17) is 14.2 Å². The third-order valence-corrected chi connectivity index (χ3v) is 8.81. The van der Waals surface area contributed by atoms with E-state index in [0.717, 1.165) is 23.5 Å². The maximum atomic E-state index is 13.6. The number of esters is 1. The Hall–Kier alpha value is -4.42. The lowest BCUT2D eigenvalue weighted by Gasteiger charge is -2.24. The zero-order chi connectivity index (χ0) is 32.3. The number of aryl methyl sites for hydroxylation is 1. The van der Waals surface area contributed by atoms with Crippen molar-refractivity contribution in [2.75, 3.05) is 32.8 Å². The molecule has 1 aliphatic heterocycles. The van der Waals surface area contributed by atoms with E-state index in [2.05, 4.69) is 10.6 Å². The monoisotopic (exact) mass is 640 g/mol. The molecule has 0 radical (unpaired) electrons. The predicted octanol–water partition coefficient (Wildman–Crippen LogP) is 6.91. The number of alkyl halides is 3. The van der Waals surface area contributed by atoms with Crippen molar-refractivity contribution in [3.63, 3.8) is 0 Å². The molecule has 0 aliphatic carbocycles. The maximum absolute atomic E-state index is 13.6. The number of anilines is 1. The molecule has 4 aromatic rings. The van der Waals surface area contributed by atoms with E-state index >= 15 is 0 Å². The number of hydrogen-bond acceptors (Lipinski definition) is 7. The molecule has 3 aromatic carbocycles. The van der Waals surface area contributed by atoms with E-state index in [1.165, 1.54) is 20.3 Å². The average molecular weight is 641 g/mol. The van der Waals surface area contributed by atoms with Crippen molar-refractivity contribution < 1.29 is 41.8 Å². The second kappa shape index (κ2) is 13.3. The van der Waals surface area contributed by atoms with Gasteiger partial charge in [-0.3, -0.25) is 9.59 Å². The fourth-order valence-electron chi connectivity index (χ4n) is 5.31. The molecule has 1 saturated heterocycles. The molecule has 0 bridgehead atoms. The molecule has 12 heteroatoms. The summed E-state index contributed by atoms with van der Waals surface area (Å²) < 4.78 is 55.9. The minimum atomic E-state index is -4.48. The minimum absolute atomic E-state index is 0.198. The van der Waals surface area contributed by atoms with E-state index in [-0.39, 0.29) is 17.4 Å². The summed E-state index contributed by atoms with van der Waals surface area (Å²) in [6.07, 6.45) is -3.36. The second-order valence-electron chi connectivity index (χ2n) is 10.6. The second-order valence-corrected chi connectivity index (χ2v) is 11.8. The van der Waals surface area contributed by atoms with Crippen molar-refractivity contribution in [2.24, 2.45) is 5.92 Å². The van der Waals surface area contributed by atoms with Gasteiger partial charge in [-0.2, -0.15) is 13.2 Å². The number of hydrogen-bond donors (Lipinski definition) is 2. The number of benzene rings is 3. The van der Waals surface area contributed by atoms with Crippen LogP contribution in [0.5, 0.6) is 5.75 Å². The number of thiophene rings is 1. The Kier molecular flexibility index (Phi) is 9.45. The lowest BCUT2D eigenvalue weighted by Crippen LogP contribution is -2.40. The topological polar surface area (TPSA) is 103 Å². The quantitative estimate of drug-likeness (QED) is 0.203. The summed E-state index contributed by atoms with van der Waals surface area (Å²) in [7, 11) is 2.68. The summed E-state index contributed by atoms with van der Waals surface area (Å²) in [5, 5.41) is 6.18. The molecule has 2 amide bonds. The van der Waals surface area contributed by atoms with Crippen LogP contribution in [0.3, 0.4) is 0 Å². The van der Waals surface area contributed by atoms with Crippen molar-refractivity contribution in [1.82, 2.24) is 5.32 Å². The van der Waals surface area contributed by atoms with Gasteiger partial charge in [0.2, 0.25) is 5.91 Å². The fraction of sp³-hybridized carbons (Fsp3) is 0.303. The summed E-state index contributed by atoms with van der Waals surface area (Å²) in [6.45, 7) is 2.68. The highest BCUT2D eigenvalue weighted by molar-refractivity contribution is 7.19. The first-order valence-electron chi connectivity index (χ1n) is 14.2. The van der Waals surface area contributed by atoms with Gasteiger partial charge < -0.3 is 24.8 Å². The molecule has 1 aliphatic rings. The van der Waals surface area contributed by atoms with Crippen LogP contribution < -0.4 is 15.4 Å². The van der Waals surface area contributed by atoms with Gasteiger partial charge in [0.1, 0.15) is 5.75 Å². The number of methoxy groups -OCH3 is 2. The third-order valence-electron chi connectivity index (χ3n) is 7.74. The first-order chi connectivity index (χ1) is 21.5. The largest absolute Gasteiger partial charge is 0.496 e. The highest BCUT2D eigenvalue weighted by Crippen LogP contribution is 2.40. The highest BCUT2D eigenvalue weighted by atomic mass is 32.1. The van der Waals surface area contributed by atoms with Crippen molar-refractivity contribution in [1.29, 1.82) is 0 Å². The van der Waals surface area contributed by atoms with Crippen molar-refractivity contribution >= 4 is 44.9 Å². The molecule has 1 fully saturated rings. The van der Waals surface area contributed by atoms with Crippen LogP contribution in [-0.4, -0.2) is 45.2 Å². The SMILES string of the molecule is COC(=O)C(NC(=O)C1CCOCC1)c1cccc(-c2ccc(OC)c(C(=O)Nc3c(C)sc4cc(C(F)(F)F)ccc34)c2)c1. The Morgan fingerprint density at radius 3 is 2.40 bits per heavy atom. The van der Waals surface area contributed by atoms with Crippen LogP contribution in [0.1, 0.15) is 45.2 Å². The Labute approximate surface area is 261 Å². The van der Waals surface area contributed by atoms with Gasteiger partial charge >= 0.3 is 12.1 Å². The minimum Gasteiger partial charge on any atom is -0.496 e. The van der Waals surface area contributed by atoms with E-state index in [1.54, 1.807) is 49.4 Å². The number of halogens is 3. The highest BCUT2D eigenvalue weighted by Gasteiger charge is 2.31. The molecule has 5 rings (SSSR count). The predicted molar refractivity (Wildman–Crippen MR) is 164 cm³/mol. The van der Waals surface area contributed by atoms with Crippen molar-refractivity contribution in [2.45, 2.75) is 32.0 Å². The summed E-state index contributed by atoms with van der Waals surface area (Å²) in [5.74, 6) is -1.37. The molecule has 0 saturated carbocycles. The molecular formula is C33H31F3N2O6S. The molecule has 1 atom stereocenters. The normalized spacial score (nSPS) is 14.5. The van der Waals surface area contributed by atoms with E-state index in [9.17, 15) is 27.6 Å². The van der Waals surface area contributed by atoms with Crippen LogP contribution in [-0.2, 0) is 25.2 Å². The number of ether oxygens (including phenoxy) is 3. The van der Waals surface area contributed by atoms with E-state index in [0.29, 0.717) is 69.1 Å². The van der Waals surface area contributed by atoms with Crippen molar-refractivity contribution in [3.05, 3.63) is 82.2 Å². The molecular weight excluding hydrogens is 609 g/mol. The van der Waals surface area contributed by atoms with Crippen LogP contribution in [0, 0.1) is 12.8 Å². The molecule has 1 aromatic heterocycles. The fourth-order valence-corrected chi connectivity index (χ4v) is 6.37. The molecule has 2 heterocycles. The van der Waals surface area contributed by atoms with Crippen molar-refractivity contribution in [3.8, 4) is 16.9 Å². The van der Waals surface area contributed by atoms with Gasteiger partial charge in [-0.05, 0) is 66.8 Å². The average Bonchev–Trinajstić information content (AvgIpc) is 3.36. The van der Waals surface area contributed by atoms with Gasteiger partial charge in [0, 0.05) is 34.1 Å². The summed E-state index contributed by atoms with van der Waals surface area (Å²) in [6, 6.07) is 14.4. The molecule has 1 unspecified atom stereocenters. The van der Waals surface area contributed by atoms with Gasteiger partial charge in [-0.25, -0.2) is 4.79 Å². The van der Waals surface area contributed by atoms with Crippen LogP contribution in [0.4, 0.5) is 18.9 Å². The Balaban J connectivity index is 1.44. The van der Waals surface area contributed by atoms with Gasteiger partial charge in [-0.15, -0.1) is 11.3 Å². The van der Waals surface area contributed by atoms with Gasteiger partial charge in [0.05, 0.1) is 31.0 Å². The molecule has 2 N–H and O–H groups in total. The van der Waals surface area contributed by atoms with Crippen LogP contribution in [0.2, 0.25) is 0 Å². The zero-order valence-corrected chi connectivity index (χ0v) is 25.6. The van der Waals surface area contributed by atoms with E-state index in [1.807, 2.05) is 0 Å². The maximum Gasteiger partial charge on any atom is 0.416 e. The van der Waals surface area contributed by atoms with Gasteiger partial charge in [-0.1, -0.05) is 30.3 Å². The lowest BCUT2D eigenvalue weighted by molar-refractivity contribution is -0.146. The number of nitrogens with one attached hydrogen (secondary N) is 2. The number of amides is 2. The van der Waals surface area contributed by atoms with Gasteiger partial charge in [0.15, 0.2) is 6.04 Å².